The number of halogens is 1. The van der Waals surface area contributed by atoms with Gasteiger partial charge in [0.15, 0.2) is 0 Å². The van der Waals surface area contributed by atoms with Gasteiger partial charge in [-0.1, -0.05) is 66.2 Å². The molecule has 4 nitrogen and oxygen atoms in total. The molecular formula is C23H15ClN2O2. The number of anilines is 1. The number of nitrogens with one attached hydrogen (secondary N) is 1. The molecule has 0 aliphatic carbocycles. The Morgan fingerprint density at radius 1 is 0.929 bits per heavy atom. The summed E-state index contributed by atoms with van der Waals surface area (Å²) in [4.78, 5) is 24.9. The van der Waals surface area contributed by atoms with Gasteiger partial charge in [-0.25, -0.2) is 0 Å². The molecular weight excluding hydrogens is 372 g/mol. The van der Waals surface area contributed by atoms with Gasteiger partial charge in [0.1, 0.15) is 11.6 Å². The number of nitriles is 1. The molecule has 0 saturated heterocycles. The van der Waals surface area contributed by atoms with E-state index in [0.29, 0.717) is 27.4 Å². The van der Waals surface area contributed by atoms with E-state index in [9.17, 15) is 14.9 Å². The van der Waals surface area contributed by atoms with Crippen LogP contribution < -0.4 is 5.32 Å². The molecule has 3 aromatic rings. The van der Waals surface area contributed by atoms with Gasteiger partial charge in [0.05, 0.1) is 10.6 Å². The van der Waals surface area contributed by atoms with Crippen LogP contribution in [0.25, 0.3) is 6.08 Å². The van der Waals surface area contributed by atoms with Gasteiger partial charge < -0.3 is 5.32 Å². The molecule has 0 spiro atoms. The van der Waals surface area contributed by atoms with Crippen molar-refractivity contribution in [3.8, 4) is 6.07 Å². The summed E-state index contributed by atoms with van der Waals surface area (Å²) in [5.74, 6) is -0.693. The maximum atomic E-state index is 12.5. The Hall–Kier alpha value is -3.68. The lowest BCUT2D eigenvalue weighted by Crippen LogP contribution is -2.12. The molecule has 0 fully saturated rings. The first-order valence-electron chi connectivity index (χ1n) is 8.46. The highest BCUT2D eigenvalue weighted by Crippen LogP contribution is 2.19. The average molecular weight is 387 g/mol. The summed E-state index contributed by atoms with van der Waals surface area (Å²) >= 11 is 6.05. The van der Waals surface area contributed by atoms with Crippen molar-refractivity contribution >= 4 is 35.1 Å². The Bertz CT molecular complexity index is 1100. The zero-order valence-corrected chi connectivity index (χ0v) is 15.5. The first-order valence-corrected chi connectivity index (χ1v) is 8.84. The molecule has 3 rings (SSSR count). The Morgan fingerprint density at radius 2 is 1.64 bits per heavy atom. The molecule has 0 unspecified atom stereocenters. The van der Waals surface area contributed by atoms with Crippen LogP contribution in [0, 0.1) is 11.3 Å². The van der Waals surface area contributed by atoms with Crippen LogP contribution in [-0.4, -0.2) is 11.7 Å². The van der Waals surface area contributed by atoms with Crippen molar-refractivity contribution < 1.29 is 9.59 Å². The van der Waals surface area contributed by atoms with E-state index in [4.69, 9.17) is 11.6 Å². The Kier molecular flexibility index (Phi) is 6.01. The van der Waals surface area contributed by atoms with Gasteiger partial charge in [-0.15, -0.1) is 0 Å². The lowest BCUT2D eigenvalue weighted by Gasteiger charge is -2.07. The third kappa shape index (κ3) is 4.53. The van der Waals surface area contributed by atoms with E-state index in [1.54, 1.807) is 78.9 Å². The lowest BCUT2D eigenvalue weighted by molar-refractivity contribution is 0.102. The molecule has 0 atom stereocenters. The summed E-state index contributed by atoms with van der Waals surface area (Å²) in [6.45, 7) is 0. The van der Waals surface area contributed by atoms with Crippen molar-refractivity contribution in [1.29, 1.82) is 5.26 Å². The van der Waals surface area contributed by atoms with Crippen molar-refractivity contribution in [2.45, 2.75) is 0 Å². The largest absolute Gasteiger partial charge is 0.322 e. The van der Waals surface area contributed by atoms with Crippen molar-refractivity contribution in [2.75, 3.05) is 5.32 Å². The normalized spacial score (nSPS) is 10.8. The van der Waals surface area contributed by atoms with Gasteiger partial charge in [-0.05, 0) is 35.9 Å². The molecule has 0 saturated carbocycles. The van der Waals surface area contributed by atoms with E-state index in [-0.39, 0.29) is 17.3 Å². The third-order valence-corrected chi connectivity index (χ3v) is 4.30. The van der Waals surface area contributed by atoms with E-state index in [1.165, 1.54) is 6.08 Å². The van der Waals surface area contributed by atoms with Gasteiger partial charge in [0.25, 0.3) is 5.91 Å². The second-order valence-corrected chi connectivity index (χ2v) is 6.33. The van der Waals surface area contributed by atoms with Gasteiger partial charge in [0.2, 0.25) is 5.78 Å². The molecule has 1 N–H and O–H groups in total. The number of carbonyl (C=O) groups is 2. The van der Waals surface area contributed by atoms with Crippen LogP contribution in [0.2, 0.25) is 5.02 Å². The summed E-state index contributed by atoms with van der Waals surface area (Å²) in [7, 11) is 0. The molecule has 136 valence electrons. The first-order chi connectivity index (χ1) is 13.6. The number of allylic oxidation sites excluding steroid dienone is 1. The number of Topliss-reactive ketones (excluding diaryl/α,β-unsaturated/α-hetero) is 1. The number of amides is 1. The quantitative estimate of drug-likeness (QED) is 0.363. The summed E-state index contributed by atoms with van der Waals surface area (Å²) < 4.78 is 0. The lowest BCUT2D eigenvalue weighted by atomic mass is 10.0. The average Bonchev–Trinajstić information content (AvgIpc) is 2.72. The van der Waals surface area contributed by atoms with Crippen molar-refractivity contribution in [2.24, 2.45) is 0 Å². The van der Waals surface area contributed by atoms with E-state index in [2.05, 4.69) is 5.32 Å². The summed E-state index contributed by atoms with van der Waals surface area (Å²) in [6.07, 6.45) is 1.50. The molecule has 1 amide bonds. The van der Waals surface area contributed by atoms with E-state index in [0.717, 1.165) is 0 Å². The van der Waals surface area contributed by atoms with E-state index in [1.807, 2.05) is 6.07 Å². The van der Waals surface area contributed by atoms with Gasteiger partial charge >= 0.3 is 0 Å². The van der Waals surface area contributed by atoms with Crippen LogP contribution in [0.1, 0.15) is 26.3 Å². The second-order valence-electron chi connectivity index (χ2n) is 5.92. The standard InChI is InChI=1S/C23H15ClN2O2/c24-21-12-5-4-11-20(21)23(28)26-19-10-6-7-16(14-19)13-18(15-25)22(27)17-8-2-1-3-9-17/h1-14H,(H,26,28)/b18-13+. The number of nitrogens with zero attached hydrogens (tertiary/aromatic N) is 1. The number of ketones is 1. The Balaban J connectivity index is 1.83. The maximum absolute atomic E-state index is 12.5. The zero-order valence-electron chi connectivity index (χ0n) is 14.7. The predicted octanol–water partition coefficient (Wildman–Crippen LogP) is 5.38. The smallest absolute Gasteiger partial charge is 0.257 e. The molecule has 0 aliphatic heterocycles. The van der Waals surface area contributed by atoms with Crippen molar-refractivity contribution in [3.63, 3.8) is 0 Å². The third-order valence-electron chi connectivity index (χ3n) is 3.98. The zero-order chi connectivity index (χ0) is 19.9. The highest BCUT2D eigenvalue weighted by Gasteiger charge is 2.12. The fraction of sp³-hybridized carbons (Fsp3) is 0. The maximum Gasteiger partial charge on any atom is 0.257 e. The molecule has 0 aromatic heterocycles. The molecule has 28 heavy (non-hydrogen) atoms. The van der Waals surface area contributed by atoms with Crippen LogP contribution in [0.3, 0.4) is 0 Å². The topological polar surface area (TPSA) is 70.0 Å². The van der Waals surface area contributed by atoms with Gasteiger partial charge in [-0.3, -0.25) is 9.59 Å². The van der Waals surface area contributed by atoms with Crippen molar-refractivity contribution in [3.05, 3.63) is 106 Å². The van der Waals surface area contributed by atoms with Gasteiger partial charge in [-0.2, -0.15) is 5.26 Å². The Labute approximate surface area is 167 Å². The SMILES string of the molecule is N#C/C(=C\c1cccc(NC(=O)c2ccccc2Cl)c1)C(=O)c1ccccc1. The van der Waals surface area contributed by atoms with Crippen LogP contribution in [0.15, 0.2) is 84.4 Å². The fourth-order valence-corrected chi connectivity index (χ4v) is 2.83. The minimum absolute atomic E-state index is 0.0146. The van der Waals surface area contributed by atoms with Crippen LogP contribution in [-0.2, 0) is 0 Å². The van der Waals surface area contributed by atoms with Crippen LogP contribution in [0.4, 0.5) is 5.69 Å². The second kappa shape index (κ2) is 8.81. The minimum Gasteiger partial charge on any atom is -0.322 e. The van der Waals surface area contributed by atoms with Gasteiger partial charge in [0, 0.05) is 11.3 Å². The van der Waals surface area contributed by atoms with E-state index >= 15 is 0 Å². The monoisotopic (exact) mass is 386 g/mol. The molecule has 0 bridgehead atoms. The fourth-order valence-electron chi connectivity index (χ4n) is 2.61. The van der Waals surface area contributed by atoms with Crippen LogP contribution in [0.5, 0.6) is 0 Å². The van der Waals surface area contributed by atoms with Crippen molar-refractivity contribution in [1.82, 2.24) is 0 Å². The number of hydrogen-bond donors (Lipinski definition) is 1. The van der Waals surface area contributed by atoms with E-state index < -0.39 is 0 Å². The molecule has 5 heteroatoms. The Morgan fingerprint density at radius 3 is 2.36 bits per heavy atom. The number of rotatable bonds is 5. The molecule has 3 aromatic carbocycles. The highest BCUT2D eigenvalue weighted by atomic mass is 35.5. The minimum atomic E-state index is -0.353. The number of hydrogen-bond acceptors (Lipinski definition) is 3. The summed E-state index contributed by atoms with van der Waals surface area (Å²) in [5, 5.41) is 12.5. The molecule has 0 radical (unpaired) electrons. The van der Waals surface area contributed by atoms with Crippen LogP contribution >= 0.6 is 11.6 Å². The number of carbonyl (C=O) groups excluding carboxylic acids is 2. The first kappa shape index (κ1) is 19.1. The summed E-state index contributed by atoms with van der Waals surface area (Å²) in [5.41, 5.74) is 1.97. The summed E-state index contributed by atoms with van der Waals surface area (Å²) in [6, 6.07) is 24.2. The molecule has 0 heterocycles. The number of benzene rings is 3. The highest BCUT2D eigenvalue weighted by molar-refractivity contribution is 6.34. The molecule has 0 aliphatic rings. The predicted molar refractivity (Wildman–Crippen MR) is 110 cm³/mol.